The number of H-pyrrole nitrogens is 1. The first-order valence-electron chi connectivity index (χ1n) is 3.52. The molecule has 0 aliphatic rings. The first-order valence-corrected chi connectivity index (χ1v) is 4.77. The van der Waals surface area contributed by atoms with E-state index >= 15 is 0 Å². The van der Waals surface area contributed by atoms with Gasteiger partial charge in [0.25, 0.3) is 0 Å². The van der Waals surface area contributed by atoms with Gasteiger partial charge < -0.3 is 14.8 Å². The molecule has 0 aliphatic carbocycles. The molecule has 0 spiro atoms. The third kappa shape index (κ3) is 1.23. The predicted molar refractivity (Wildman–Crippen MR) is 49.3 cm³/mol. The summed E-state index contributed by atoms with van der Waals surface area (Å²) < 4.78 is 0. The Bertz CT molecular complexity index is 397. The van der Waals surface area contributed by atoms with Gasteiger partial charge in [-0.1, -0.05) is 0 Å². The second-order valence-electron chi connectivity index (χ2n) is 2.54. The smallest absolute Gasteiger partial charge is 0.199 e. The Morgan fingerprint density at radius 2 is 2.00 bits per heavy atom. The van der Waals surface area contributed by atoms with Crippen molar-refractivity contribution in [2.45, 2.75) is 0 Å². The fourth-order valence-electron chi connectivity index (χ4n) is 1.17. The van der Waals surface area contributed by atoms with Crippen LogP contribution in [0.2, 0.25) is 0 Å². The molecule has 1 aromatic heterocycles. The highest BCUT2D eigenvalue weighted by Gasteiger charge is 2.03. The van der Waals surface area contributed by atoms with Crippen molar-refractivity contribution in [1.82, 2.24) is 4.98 Å². The highest BCUT2D eigenvalue weighted by Crippen LogP contribution is 2.23. The largest absolute Gasteiger partial charge is 0.361 e. The van der Waals surface area contributed by atoms with Gasteiger partial charge in [0.2, 0.25) is 0 Å². The lowest BCUT2D eigenvalue weighted by molar-refractivity contribution is 0.497. The zero-order valence-electron chi connectivity index (χ0n) is 6.23. The van der Waals surface area contributed by atoms with E-state index in [9.17, 15) is 0 Å². The lowest BCUT2D eigenvalue weighted by Gasteiger charge is -2.00. The normalized spacial score (nSPS) is 11.2. The van der Waals surface area contributed by atoms with E-state index in [1.165, 1.54) is 0 Å². The van der Waals surface area contributed by atoms with Gasteiger partial charge in [0.05, 0.1) is 0 Å². The summed E-state index contributed by atoms with van der Waals surface area (Å²) in [5, 5.41) is 1.58. The molecular weight excluding hydrogens is 173 g/mol. The second kappa shape index (κ2) is 2.87. The number of nitrogens with one attached hydrogen (secondary N) is 1. The maximum Gasteiger partial charge on any atom is 0.199 e. The standard InChI is InChI=1S/C8H8NO2P/c10-12(11)7-1-2-8-6(5-7)3-4-9-8/h1-5,9-11H. The van der Waals surface area contributed by atoms with Gasteiger partial charge in [0.15, 0.2) is 8.38 Å². The summed E-state index contributed by atoms with van der Waals surface area (Å²) in [6, 6.07) is 7.23. The van der Waals surface area contributed by atoms with Gasteiger partial charge in [-0.15, -0.1) is 0 Å². The molecule has 2 rings (SSSR count). The van der Waals surface area contributed by atoms with E-state index in [2.05, 4.69) is 4.98 Å². The molecule has 0 saturated heterocycles. The first-order chi connectivity index (χ1) is 5.77. The molecule has 3 nitrogen and oxygen atoms in total. The van der Waals surface area contributed by atoms with Crippen LogP contribution in [0.3, 0.4) is 0 Å². The van der Waals surface area contributed by atoms with E-state index in [1.807, 2.05) is 18.3 Å². The van der Waals surface area contributed by atoms with Crippen molar-refractivity contribution >= 4 is 24.6 Å². The number of rotatable bonds is 1. The quantitative estimate of drug-likeness (QED) is 0.577. The van der Waals surface area contributed by atoms with E-state index < -0.39 is 8.38 Å². The summed E-state index contributed by atoms with van der Waals surface area (Å²) in [7, 11) is -1.96. The van der Waals surface area contributed by atoms with Crippen LogP contribution in [0.1, 0.15) is 0 Å². The van der Waals surface area contributed by atoms with Gasteiger partial charge >= 0.3 is 0 Å². The lowest BCUT2D eigenvalue weighted by Crippen LogP contribution is -1.97. The molecule has 3 N–H and O–H groups in total. The molecule has 0 bridgehead atoms. The number of hydrogen-bond acceptors (Lipinski definition) is 2. The molecule has 1 aromatic carbocycles. The minimum atomic E-state index is -1.96. The van der Waals surface area contributed by atoms with Gasteiger partial charge in [0, 0.05) is 22.4 Å². The van der Waals surface area contributed by atoms with E-state index in [4.69, 9.17) is 9.79 Å². The van der Waals surface area contributed by atoms with Crippen molar-refractivity contribution in [2.75, 3.05) is 0 Å². The zero-order valence-corrected chi connectivity index (χ0v) is 7.12. The lowest BCUT2D eigenvalue weighted by atomic mass is 10.2. The van der Waals surface area contributed by atoms with Crippen LogP contribution >= 0.6 is 8.38 Å². The average molecular weight is 181 g/mol. The Kier molecular flexibility index (Phi) is 1.85. The summed E-state index contributed by atoms with van der Waals surface area (Å²) in [4.78, 5) is 20.9. The van der Waals surface area contributed by atoms with Crippen molar-refractivity contribution in [2.24, 2.45) is 0 Å². The average Bonchev–Trinajstić information content (AvgIpc) is 2.49. The van der Waals surface area contributed by atoms with Crippen LogP contribution < -0.4 is 5.30 Å². The third-order valence-electron chi connectivity index (χ3n) is 1.77. The summed E-state index contributed by atoms with van der Waals surface area (Å²) in [6.07, 6.45) is 1.82. The van der Waals surface area contributed by atoms with Crippen molar-refractivity contribution < 1.29 is 9.79 Å². The first kappa shape index (κ1) is 7.74. The fourth-order valence-corrected chi connectivity index (χ4v) is 1.63. The Labute approximate surface area is 70.6 Å². The summed E-state index contributed by atoms with van der Waals surface area (Å²) in [5.41, 5.74) is 1.01. The topological polar surface area (TPSA) is 56.2 Å². The van der Waals surface area contributed by atoms with E-state index in [1.54, 1.807) is 12.1 Å². The molecule has 62 valence electrons. The number of aromatic amines is 1. The van der Waals surface area contributed by atoms with Crippen molar-refractivity contribution in [1.29, 1.82) is 0 Å². The van der Waals surface area contributed by atoms with Crippen LogP contribution in [-0.4, -0.2) is 14.8 Å². The third-order valence-corrected chi connectivity index (χ3v) is 2.51. The van der Waals surface area contributed by atoms with Gasteiger partial charge in [-0.2, -0.15) is 0 Å². The van der Waals surface area contributed by atoms with Crippen LogP contribution in [-0.2, 0) is 0 Å². The van der Waals surface area contributed by atoms with Gasteiger partial charge in [0.1, 0.15) is 0 Å². The van der Waals surface area contributed by atoms with Crippen molar-refractivity contribution in [3.05, 3.63) is 30.5 Å². The summed E-state index contributed by atoms with van der Waals surface area (Å²) >= 11 is 0. The number of benzene rings is 1. The van der Waals surface area contributed by atoms with Crippen LogP contribution in [0.4, 0.5) is 0 Å². The van der Waals surface area contributed by atoms with Crippen LogP contribution in [0, 0.1) is 0 Å². The highest BCUT2D eigenvalue weighted by molar-refractivity contribution is 7.54. The Hall–Kier alpha value is -0.890. The number of aromatic nitrogens is 1. The van der Waals surface area contributed by atoms with E-state index in [0.29, 0.717) is 5.30 Å². The molecule has 2 aromatic rings. The molecular formula is C8H8NO2P. The number of hydrogen-bond donors (Lipinski definition) is 3. The minimum absolute atomic E-state index is 0.581. The van der Waals surface area contributed by atoms with Crippen molar-refractivity contribution in [3.8, 4) is 0 Å². The molecule has 0 radical (unpaired) electrons. The minimum Gasteiger partial charge on any atom is -0.361 e. The zero-order chi connectivity index (χ0) is 8.55. The van der Waals surface area contributed by atoms with Crippen LogP contribution in [0.25, 0.3) is 10.9 Å². The SMILES string of the molecule is OP(O)c1ccc2[nH]ccc2c1. The molecule has 1 heterocycles. The van der Waals surface area contributed by atoms with Gasteiger partial charge in [-0.3, -0.25) is 0 Å². The maximum absolute atomic E-state index is 8.93. The monoisotopic (exact) mass is 181 g/mol. The van der Waals surface area contributed by atoms with E-state index in [-0.39, 0.29) is 0 Å². The molecule has 4 heteroatoms. The maximum atomic E-state index is 8.93. The van der Waals surface area contributed by atoms with Gasteiger partial charge in [-0.25, -0.2) is 0 Å². The predicted octanol–water partition coefficient (Wildman–Crippen LogP) is 1.09. The molecule has 0 fully saturated rings. The summed E-state index contributed by atoms with van der Waals surface area (Å²) in [6.45, 7) is 0. The Morgan fingerprint density at radius 1 is 1.17 bits per heavy atom. The molecule has 0 atom stereocenters. The molecule has 0 amide bonds. The van der Waals surface area contributed by atoms with E-state index in [0.717, 1.165) is 10.9 Å². The second-order valence-corrected chi connectivity index (χ2v) is 3.63. The highest BCUT2D eigenvalue weighted by atomic mass is 31.2. The Morgan fingerprint density at radius 3 is 2.75 bits per heavy atom. The van der Waals surface area contributed by atoms with Crippen LogP contribution in [0.15, 0.2) is 30.5 Å². The molecule has 0 saturated carbocycles. The molecule has 12 heavy (non-hydrogen) atoms. The molecule has 0 unspecified atom stereocenters. The summed E-state index contributed by atoms with van der Waals surface area (Å²) in [5.74, 6) is 0. The molecule has 0 aliphatic heterocycles. The Balaban J connectivity index is 2.60. The number of fused-ring (bicyclic) bond motifs is 1. The van der Waals surface area contributed by atoms with Crippen molar-refractivity contribution in [3.63, 3.8) is 0 Å². The van der Waals surface area contributed by atoms with Gasteiger partial charge in [-0.05, 0) is 24.3 Å². The fraction of sp³-hybridized carbons (Fsp3) is 0. The van der Waals surface area contributed by atoms with Crippen LogP contribution in [0.5, 0.6) is 0 Å².